The van der Waals surface area contributed by atoms with Gasteiger partial charge in [0.1, 0.15) is 0 Å². The molecule has 0 spiro atoms. The van der Waals surface area contributed by atoms with Crippen molar-refractivity contribution in [3.63, 3.8) is 0 Å². The topological polar surface area (TPSA) is 88.8 Å². The van der Waals surface area contributed by atoms with Crippen LogP contribution in [0.1, 0.15) is 18.8 Å². The number of nitrogens with zero attached hydrogens (tertiary/aromatic N) is 3. The van der Waals surface area contributed by atoms with Gasteiger partial charge in [0, 0.05) is 12.2 Å². The Morgan fingerprint density at radius 3 is 2.70 bits per heavy atom. The average molecular weight is 270 g/mol. The monoisotopic (exact) mass is 270 g/mol. The number of para-hydroxylation sites is 1. The minimum absolute atomic E-state index is 0.0328. The van der Waals surface area contributed by atoms with E-state index in [9.17, 15) is 0 Å². The maximum absolute atomic E-state index is 5.73. The third-order valence-electron chi connectivity index (χ3n) is 2.66. The minimum Gasteiger partial charge on any atom is -0.368 e. The van der Waals surface area contributed by atoms with Crippen LogP contribution in [0.15, 0.2) is 43.0 Å². The zero-order valence-corrected chi connectivity index (χ0v) is 11.4. The Morgan fingerprint density at radius 1 is 1.25 bits per heavy atom. The van der Waals surface area contributed by atoms with Crippen LogP contribution in [-0.4, -0.2) is 21.5 Å². The Kier molecular flexibility index (Phi) is 4.62. The number of nitrogens with one attached hydrogen (secondary N) is 2. The van der Waals surface area contributed by atoms with E-state index in [1.165, 1.54) is 0 Å². The van der Waals surface area contributed by atoms with Crippen LogP contribution in [0.4, 0.5) is 17.6 Å². The second kappa shape index (κ2) is 6.63. The van der Waals surface area contributed by atoms with Crippen LogP contribution in [0.25, 0.3) is 0 Å². The lowest BCUT2D eigenvalue weighted by molar-refractivity contribution is 0.581. The van der Waals surface area contributed by atoms with Crippen molar-refractivity contribution in [3.05, 3.63) is 48.8 Å². The van der Waals surface area contributed by atoms with Gasteiger partial charge in [-0.25, -0.2) is 0 Å². The Balaban J connectivity index is 2.18. The Morgan fingerprint density at radius 2 is 2.00 bits per heavy atom. The van der Waals surface area contributed by atoms with Crippen LogP contribution in [0, 0.1) is 0 Å². The first-order chi connectivity index (χ1) is 9.69. The third kappa shape index (κ3) is 3.76. The molecule has 6 nitrogen and oxygen atoms in total. The van der Waals surface area contributed by atoms with Gasteiger partial charge in [0.15, 0.2) is 5.82 Å². The molecule has 2 rings (SSSR count). The number of hydrogen-bond acceptors (Lipinski definition) is 6. The van der Waals surface area contributed by atoms with Crippen molar-refractivity contribution in [1.82, 2.24) is 20.3 Å². The normalized spacial score (nSPS) is 11.8. The number of nitrogens with two attached hydrogens (primary N) is 1. The van der Waals surface area contributed by atoms with E-state index in [1.807, 2.05) is 37.3 Å². The van der Waals surface area contributed by atoms with Gasteiger partial charge in [-0.3, -0.25) is 0 Å². The van der Waals surface area contributed by atoms with Crippen molar-refractivity contribution in [2.24, 2.45) is 0 Å². The summed E-state index contributed by atoms with van der Waals surface area (Å²) < 4.78 is 0. The quantitative estimate of drug-likeness (QED) is 0.696. The molecule has 4 N–H and O–H groups in total. The lowest BCUT2D eigenvalue weighted by atomic mass is 10.3. The van der Waals surface area contributed by atoms with E-state index in [0.29, 0.717) is 18.3 Å². The van der Waals surface area contributed by atoms with Crippen molar-refractivity contribution in [1.29, 1.82) is 0 Å². The fourth-order valence-corrected chi connectivity index (χ4v) is 1.66. The third-order valence-corrected chi connectivity index (χ3v) is 2.66. The molecule has 0 aliphatic rings. The highest BCUT2D eigenvalue weighted by Crippen LogP contribution is 2.15. The van der Waals surface area contributed by atoms with Gasteiger partial charge in [-0.05, 0) is 19.1 Å². The van der Waals surface area contributed by atoms with Gasteiger partial charge in [0.2, 0.25) is 11.9 Å². The summed E-state index contributed by atoms with van der Waals surface area (Å²) in [7, 11) is 0. The number of hydrogen-bond donors (Lipinski definition) is 3. The number of nitrogen functional groups attached to an aromatic ring is 1. The van der Waals surface area contributed by atoms with Crippen molar-refractivity contribution in [2.75, 3.05) is 17.6 Å². The molecule has 6 heteroatoms. The Bertz CT molecular complexity index is 569. The summed E-state index contributed by atoms with van der Waals surface area (Å²) >= 11 is 0. The Hall–Kier alpha value is -2.47. The molecule has 0 fully saturated rings. The molecule has 1 aromatic heterocycles. The fraction of sp³-hybridized carbons (Fsp3) is 0.214. The summed E-state index contributed by atoms with van der Waals surface area (Å²) in [5.41, 5.74) is 6.63. The van der Waals surface area contributed by atoms with E-state index in [-0.39, 0.29) is 12.0 Å². The molecule has 0 amide bonds. The largest absolute Gasteiger partial charge is 0.368 e. The van der Waals surface area contributed by atoms with E-state index in [0.717, 1.165) is 5.69 Å². The lowest BCUT2D eigenvalue weighted by Gasteiger charge is -2.12. The second-order valence-electron chi connectivity index (χ2n) is 4.29. The van der Waals surface area contributed by atoms with Gasteiger partial charge in [-0.1, -0.05) is 24.3 Å². The van der Waals surface area contributed by atoms with Gasteiger partial charge in [0.05, 0.1) is 6.04 Å². The van der Waals surface area contributed by atoms with Gasteiger partial charge >= 0.3 is 0 Å². The highest BCUT2D eigenvalue weighted by molar-refractivity contribution is 5.53. The van der Waals surface area contributed by atoms with Crippen LogP contribution in [0.2, 0.25) is 0 Å². The van der Waals surface area contributed by atoms with E-state index < -0.39 is 0 Å². The van der Waals surface area contributed by atoms with E-state index in [2.05, 4.69) is 32.2 Å². The molecular weight excluding hydrogens is 252 g/mol. The van der Waals surface area contributed by atoms with E-state index in [1.54, 1.807) is 6.08 Å². The standard InChI is InChI=1S/C14H18N6/c1-3-9-16-10(2)12-18-13(15)20-14(19-12)17-11-7-5-4-6-8-11/h3-8,10,16H,1,9H2,2H3,(H3,15,17,18,19,20)/t10-/m1/s1. The molecule has 0 bridgehead atoms. The molecule has 1 aromatic carbocycles. The molecule has 0 aliphatic heterocycles. The SMILES string of the molecule is C=CCN[C@H](C)c1nc(N)nc(Nc2ccccc2)n1. The number of anilines is 3. The van der Waals surface area contributed by atoms with Crippen LogP contribution in [-0.2, 0) is 0 Å². The lowest BCUT2D eigenvalue weighted by Crippen LogP contribution is -2.22. The molecule has 0 aliphatic carbocycles. The van der Waals surface area contributed by atoms with Crippen molar-refractivity contribution >= 4 is 17.6 Å². The molecular formula is C14H18N6. The molecule has 104 valence electrons. The van der Waals surface area contributed by atoms with Crippen molar-refractivity contribution < 1.29 is 0 Å². The fourth-order valence-electron chi connectivity index (χ4n) is 1.66. The first kappa shape index (κ1) is 14.0. The van der Waals surface area contributed by atoms with E-state index >= 15 is 0 Å². The van der Waals surface area contributed by atoms with Crippen LogP contribution in [0.5, 0.6) is 0 Å². The predicted molar refractivity (Wildman–Crippen MR) is 80.6 cm³/mol. The van der Waals surface area contributed by atoms with Gasteiger partial charge in [0.25, 0.3) is 0 Å². The first-order valence-electron chi connectivity index (χ1n) is 6.37. The highest BCUT2D eigenvalue weighted by atomic mass is 15.2. The minimum atomic E-state index is -0.0328. The molecule has 20 heavy (non-hydrogen) atoms. The average Bonchev–Trinajstić information content (AvgIpc) is 2.45. The summed E-state index contributed by atoms with van der Waals surface area (Å²) in [6.07, 6.45) is 1.78. The summed E-state index contributed by atoms with van der Waals surface area (Å²) in [5, 5.41) is 6.32. The molecule has 0 radical (unpaired) electrons. The summed E-state index contributed by atoms with van der Waals surface area (Å²) in [5.74, 6) is 1.23. The van der Waals surface area contributed by atoms with Crippen LogP contribution < -0.4 is 16.4 Å². The maximum Gasteiger partial charge on any atom is 0.232 e. The number of benzene rings is 1. The van der Waals surface area contributed by atoms with Gasteiger partial charge in [-0.2, -0.15) is 15.0 Å². The van der Waals surface area contributed by atoms with Gasteiger partial charge < -0.3 is 16.4 Å². The second-order valence-corrected chi connectivity index (χ2v) is 4.29. The van der Waals surface area contributed by atoms with Gasteiger partial charge in [-0.15, -0.1) is 6.58 Å². The maximum atomic E-state index is 5.73. The smallest absolute Gasteiger partial charge is 0.232 e. The molecule has 1 atom stereocenters. The Labute approximate surface area is 118 Å². The zero-order chi connectivity index (χ0) is 14.4. The molecule has 0 unspecified atom stereocenters. The molecule has 0 saturated heterocycles. The van der Waals surface area contributed by atoms with Crippen LogP contribution >= 0.6 is 0 Å². The van der Waals surface area contributed by atoms with Crippen molar-refractivity contribution in [2.45, 2.75) is 13.0 Å². The summed E-state index contributed by atoms with van der Waals surface area (Å²) in [4.78, 5) is 12.6. The first-order valence-corrected chi connectivity index (χ1v) is 6.37. The summed E-state index contributed by atoms with van der Waals surface area (Å²) in [6, 6.07) is 9.64. The molecule has 1 heterocycles. The van der Waals surface area contributed by atoms with E-state index in [4.69, 9.17) is 5.73 Å². The highest BCUT2D eigenvalue weighted by Gasteiger charge is 2.11. The van der Waals surface area contributed by atoms with Crippen molar-refractivity contribution in [3.8, 4) is 0 Å². The zero-order valence-electron chi connectivity index (χ0n) is 11.4. The predicted octanol–water partition coefficient (Wildman–Crippen LogP) is 2.03. The number of rotatable bonds is 6. The number of aromatic nitrogens is 3. The summed E-state index contributed by atoms with van der Waals surface area (Å²) in [6.45, 7) is 6.30. The molecule has 2 aromatic rings. The van der Waals surface area contributed by atoms with Crippen LogP contribution in [0.3, 0.4) is 0 Å². The molecule has 0 saturated carbocycles.